The Balaban J connectivity index is 0.00000392. The molecular formula is C19H26ClIN4O2S. The Morgan fingerprint density at radius 3 is 2.68 bits per heavy atom. The van der Waals surface area contributed by atoms with E-state index in [1.54, 1.807) is 37.4 Å². The average Bonchev–Trinajstić information content (AvgIpc) is 3.16. The second kappa shape index (κ2) is 12.8. The van der Waals surface area contributed by atoms with Crippen molar-refractivity contribution < 1.29 is 9.53 Å². The van der Waals surface area contributed by atoms with Gasteiger partial charge in [0.1, 0.15) is 5.75 Å². The zero-order valence-electron chi connectivity index (χ0n) is 16.2. The molecule has 1 aromatic heterocycles. The molecule has 1 heterocycles. The topological polar surface area (TPSA) is 66.0 Å². The molecule has 1 amide bonds. The maximum Gasteiger partial charge on any atom is 0.241 e. The smallest absolute Gasteiger partial charge is 0.241 e. The van der Waals surface area contributed by atoms with Gasteiger partial charge in [-0.25, -0.2) is 4.99 Å². The summed E-state index contributed by atoms with van der Waals surface area (Å²) in [5, 5.41) is 8.97. The van der Waals surface area contributed by atoms with Gasteiger partial charge in [0.15, 0.2) is 5.96 Å². The van der Waals surface area contributed by atoms with Crippen molar-refractivity contribution in [2.45, 2.75) is 13.0 Å². The van der Waals surface area contributed by atoms with Gasteiger partial charge in [0, 0.05) is 25.5 Å². The summed E-state index contributed by atoms with van der Waals surface area (Å²) in [5.74, 6) is 1.21. The molecule has 0 saturated carbocycles. The molecule has 0 aliphatic rings. The minimum atomic E-state index is -0.0183. The number of ether oxygens (including phenoxy) is 1. The van der Waals surface area contributed by atoms with Gasteiger partial charge in [-0.15, -0.1) is 35.3 Å². The number of carbonyl (C=O) groups excluding carboxylic acids is 1. The van der Waals surface area contributed by atoms with Crippen molar-refractivity contribution in [2.75, 3.05) is 34.3 Å². The van der Waals surface area contributed by atoms with Gasteiger partial charge in [-0.05, 0) is 35.6 Å². The second-order valence-corrected chi connectivity index (χ2v) is 7.47. The molecule has 154 valence electrons. The molecule has 0 aliphatic heterocycles. The first-order chi connectivity index (χ1) is 13.0. The number of methoxy groups -OCH3 is 1. The van der Waals surface area contributed by atoms with Crippen LogP contribution in [0, 0.1) is 0 Å². The zero-order chi connectivity index (χ0) is 19.6. The highest BCUT2D eigenvalue weighted by molar-refractivity contribution is 14.0. The number of hydrogen-bond acceptors (Lipinski definition) is 4. The van der Waals surface area contributed by atoms with E-state index >= 15 is 0 Å². The lowest BCUT2D eigenvalue weighted by Crippen LogP contribution is -2.43. The minimum absolute atomic E-state index is 0. The van der Waals surface area contributed by atoms with Crippen molar-refractivity contribution in [3.8, 4) is 5.75 Å². The van der Waals surface area contributed by atoms with Gasteiger partial charge in [0.25, 0.3) is 0 Å². The van der Waals surface area contributed by atoms with E-state index in [9.17, 15) is 4.79 Å². The third-order valence-electron chi connectivity index (χ3n) is 3.79. The SMILES string of the molecule is COc1ccc(CN=C(NCCc2cccs2)NCC(=O)N(C)C)cc1Cl.I. The van der Waals surface area contributed by atoms with E-state index in [1.165, 1.54) is 4.88 Å². The van der Waals surface area contributed by atoms with Gasteiger partial charge >= 0.3 is 0 Å². The number of hydrogen-bond donors (Lipinski definition) is 2. The lowest BCUT2D eigenvalue weighted by atomic mass is 10.2. The number of aliphatic imine (C=N–C) groups is 1. The number of benzene rings is 1. The molecule has 2 aromatic rings. The van der Waals surface area contributed by atoms with Crippen LogP contribution in [0.25, 0.3) is 0 Å². The number of nitrogens with zero attached hydrogens (tertiary/aromatic N) is 2. The molecule has 0 saturated heterocycles. The number of amides is 1. The molecule has 0 fully saturated rings. The largest absolute Gasteiger partial charge is 0.495 e. The first-order valence-electron chi connectivity index (χ1n) is 8.56. The fourth-order valence-electron chi connectivity index (χ4n) is 2.23. The summed E-state index contributed by atoms with van der Waals surface area (Å²) in [5.41, 5.74) is 0.957. The van der Waals surface area contributed by atoms with Gasteiger partial charge < -0.3 is 20.3 Å². The molecule has 0 atom stereocenters. The molecule has 0 bridgehead atoms. The Bertz CT molecular complexity index is 769. The van der Waals surface area contributed by atoms with Crippen LogP contribution in [0.5, 0.6) is 5.75 Å². The van der Waals surface area contributed by atoms with Crippen LogP contribution in [0.4, 0.5) is 0 Å². The molecule has 0 aliphatic carbocycles. The van der Waals surface area contributed by atoms with E-state index in [-0.39, 0.29) is 36.4 Å². The van der Waals surface area contributed by atoms with E-state index in [0.717, 1.165) is 18.5 Å². The zero-order valence-corrected chi connectivity index (χ0v) is 20.1. The van der Waals surface area contributed by atoms with E-state index < -0.39 is 0 Å². The third-order valence-corrected chi connectivity index (χ3v) is 5.02. The van der Waals surface area contributed by atoms with Crippen LogP contribution in [-0.4, -0.2) is 51.1 Å². The minimum Gasteiger partial charge on any atom is -0.495 e. The highest BCUT2D eigenvalue weighted by atomic mass is 127. The van der Waals surface area contributed by atoms with Crippen LogP contribution < -0.4 is 15.4 Å². The van der Waals surface area contributed by atoms with Crippen molar-refractivity contribution >= 4 is 58.8 Å². The quantitative estimate of drug-likeness (QED) is 0.308. The van der Waals surface area contributed by atoms with E-state index in [2.05, 4.69) is 27.1 Å². The summed E-state index contributed by atoms with van der Waals surface area (Å²) in [4.78, 5) is 19.3. The van der Waals surface area contributed by atoms with Gasteiger partial charge in [0.05, 0.1) is 25.2 Å². The molecular weight excluding hydrogens is 511 g/mol. The number of thiophene rings is 1. The molecule has 0 radical (unpaired) electrons. The molecule has 9 heteroatoms. The Labute approximate surface area is 192 Å². The predicted molar refractivity (Wildman–Crippen MR) is 127 cm³/mol. The fourth-order valence-corrected chi connectivity index (χ4v) is 3.22. The maximum absolute atomic E-state index is 11.8. The number of rotatable bonds is 8. The molecule has 0 spiro atoms. The highest BCUT2D eigenvalue weighted by Gasteiger charge is 2.07. The van der Waals surface area contributed by atoms with Crippen LogP contribution in [0.15, 0.2) is 40.7 Å². The molecule has 1 aromatic carbocycles. The Morgan fingerprint density at radius 1 is 1.29 bits per heavy atom. The Hall–Kier alpha value is -1.52. The van der Waals surface area contributed by atoms with Crippen molar-refractivity contribution in [1.29, 1.82) is 0 Å². The van der Waals surface area contributed by atoms with Crippen molar-refractivity contribution in [3.05, 3.63) is 51.2 Å². The number of carbonyl (C=O) groups is 1. The van der Waals surface area contributed by atoms with Gasteiger partial charge in [-0.1, -0.05) is 23.7 Å². The highest BCUT2D eigenvalue weighted by Crippen LogP contribution is 2.25. The maximum atomic E-state index is 11.8. The van der Waals surface area contributed by atoms with Crippen molar-refractivity contribution in [1.82, 2.24) is 15.5 Å². The van der Waals surface area contributed by atoms with Crippen LogP contribution >= 0.6 is 46.9 Å². The van der Waals surface area contributed by atoms with Crippen molar-refractivity contribution in [3.63, 3.8) is 0 Å². The Morgan fingerprint density at radius 2 is 2.07 bits per heavy atom. The molecule has 28 heavy (non-hydrogen) atoms. The number of nitrogens with one attached hydrogen (secondary N) is 2. The van der Waals surface area contributed by atoms with Gasteiger partial charge in [-0.2, -0.15) is 0 Å². The van der Waals surface area contributed by atoms with E-state index in [4.69, 9.17) is 16.3 Å². The summed E-state index contributed by atoms with van der Waals surface area (Å²) < 4.78 is 5.17. The van der Waals surface area contributed by atoms with E-state index in [0.29, 0.717) is 23.3 Å². The van der Waals surface area contributed by atoms with Crippen LogP contribution in [0.1, 0.15) is 10.4 Å². The number of halogens is 2. The lowest BCUT2D eigenvalue weighted by Gasteiger charge is -2.15. The second-order valence-electron chi connectivity index (χ2n) is 6.03. The number of likely N-dealkylation sites (N-methyl/N-ethyl adjacent to an activating group) is 1. The molecule has 6 nitrogen and oxygen atoms in total. The first-order valence-corrected chi connectivity index (χ1v) is 9.82. The van der Waals surface area contributed by atoms with Crippen LogP contribution in [0.3, 0.4) is 0 Å². The summed E-state index contributed by atoms with van der Waals surface area (Å²) in [6, 6.07) is 9.71. The van der Waals surface area contributed by atoms with E-state index in [1.807, 2.05) is 24.3 Å². The fraction of sp³-hybridized carbons (Fsp3) is 0.368. The Kier molecular flexibility index (Phi) is 11.2. The van der Waals surface area contributed by atoms with Crippen molar-refractivity contribution in [2.24, 2.45) is 4.99 Å². The average molecular weight is 537 g/mol. The van der Waals surface area contributed by atoms with Gasteiger partial charge in [-0.3, -0.25) is 4.79 Å². The molecule has 2 N–H and O–H groups in total. The number of guanidine groups is 1. The van der Waals surface area contributed by atoms with Gasteiger partial charge in [0.2, 0.25) is 5.91 Å². The molecule has 0 unspecified atom stereocenters. The van der Waals surface area contributed by atoms with Crippen LogP contribution in [-0.2, 0) is 17.8 Å². The van der Waals surface area contributed by atoms with Crippen LogP contribution in [0.2, 0.25) is 5.02 Å². The summed E-state index contributed by atoms with van der Waals surface area (Å²) in [6.45, 7) is 1.35. The summed E-state index contributed by atoms with van der Waals surface area (Å²) in [6.07, 6.45) is 0.897. The monoisotopic (exact) mass is 536 g/mol. The first kappa shape index (κ1) is 24.5. The normalized spacial score (nSPS) is 10.8. The molecule has 2 rings (SSSR count). The summed E-state index contributed by atoms with van der Waals surface area (Å²) in [7, 11) is 5.04. The summed E-state index contributed by atoms with van der Waals surface area (Å²) >= 11 is 7.89. The predicted octanol–water partition coefficient (Wildman–Crippen LogP) is 3.39. The standard InChI is InChI=1S/C19H25ClN4O2S.HI/c1-24(2)18(25)13-23-19(21-9-8-15-5-4-10-27-15)22-12-14-6-7-17(26-3)16(20)11-14;/h4-7,10-11H,8-9,12-13H2,1-3H3,(H2,21,22,23);1H. The lowest BCUT2D eigenvalue weighted by molar-refractivity contribution is -0.127. The third kappa shape index (κ3) is 8.24.